The van der Waals surface area contributed by atoms with Crippen molar-refractivity contribution in [2.75, 3.05) is 71.3 Å². The number of benzene rings is 2. The number of methoxy groups -OCH3 is 1. The Labute approximate surface area is 221 Å². The minimum absolute atomic E-state index is 0.0965. The summed E-state index contributed by atoms with van der Waals surface area (Å²) < 4.78 is 38.1. The van der Waals surface area contributed by atoms with Gasteiger partial charge in [0.05, 0.1) is 18.6 Å². The largest absolute Gasteiger partial charge is 0.497 e. The first kappa shape index (κ1) is 28.9. The molecule has 1 saturated heterocycles. The van der Waals surface area contributed by atoms with Crippen molar-refractivity contribution in [2.45, 2.75) is 37.6 Å². The van der Waals surface area contributed by atoms with Crippen LogP contribution >= 0.6 is 0 Å². The molecule has 1 heterocycles. The highest BCUT2D eigenvalue weighted by Gasteiger charge is 2.25. The fourth-order valence-electron chi connectivity index (χ4n) is 4.66. The first-order valence-corrected chi connectivity index (χ1v) is 14.0. The second-order valence-corrected chi connectivity index (χ2v) is 11.7. The number of aryl methyl sites for hydroxylation is 2. The van der Waals surface area contributed by atoms with E-state index in [-0.39, 0.29) is 30.6 Å². The number of likely N-dealkylation sites (N-methyl/N-ethyl adjacent to an activating group) is 1. The van der Waals surface area contributed by atoms with Crippen LogP contribution in [0.5, 0.6) is 5.75 Å². The van der Waals surface area contributed by atoms with Crippen LogP contribution in [-0.4, -0.2) is 90.7 Å². The third kappa shape index (κ3) is 7.44. The van der Waals surface area contributed by atoms with E-state index >= 15 is 0 Å². The number of ether oxygens (including phenoxy) is 2. The highest BCUT2D eigenvalue weighted by Crippen LogP contribution is 2.28. The summed E-state index contributed by atoms with van der Waals surface area (Å²) in [7, 11) is 3.61. The number of hydrogen-bond acceptors (Lipinski definition) is 7. The van der Waals surface area contributed by atoms with Gasteiger partial charge in [0.2, 0.25) is 15.9 Å². The number of piperidine rings is 1. The SMILES string of the molecule is COc1cc(C)c(S(=O)(=O)N(C)CCOCC(=O)Nc2ccc(N3CCC(N(C)C)CC3)cc2)c(C)c1. The van der Waals surface area contributed by atoms with Crippen molar-refractivity contribution in [3.63, 3.8) is 0 Å². The van der Waals surface area contributed by atoms with Crippen LogP contribution in [-0.2, 0) is 19.6 Å². The molecule has 3 rings (SSSR count). The molecule has 1 aliphatic heterocycles. The van der Waals surface area contributed by atoms with Crippen LogP contribution in [0.15, 0.2) is 41.3 Å². The Kier molecular flexibility index (Phi) is 9.94. The fraction of sp³-hybridized carbons (Fsp3) is 0.519. The summed E-state index contributed by atoms with van der Waals surface area (Å²) in [4.78, 5) is 17.2. The van der Waals surface area contributed by atoms with E-state index in [1.165, 1.54) is 11.4 Å². The lowest BCUT2D eigenvalue weighted by molar-refractivity contribution is -0.120. The summed E-state index contributed by atoms with van der Waals surface area (Å²) in [5.74, 6) is 0.331. The van der Waals surface area contributed by atoms with Crippen molar-refractivity contribution in [3.05, 3.63) is 47.5 Å². The van der Waals surface area contributed by atoms with Gasteiger partial charge >= 0.3 is 0 Å². The molecule has 1 fully saturated rings. The number of carbonyl (C=O) groups is 1. The lowest BCUT2D eigenvalue weighted by Crippen LogP contribution is -2.41. The van der Waals surface area contributed by atoms with Crippen molar-refractivity contribution in [3.8, 4) is 5.75 Å². The molecular formula is C27H40N4O5S. The summed E-state index contributed by atoms with van der Waals surface area (Å²) in [6.07, 6.45) is 2.28. The Morgan fingerprint density at radius 1 is 1.05 bits per heavy atom. The highest BCUT2D eigenvalue weighted by molar-refractivity contribution is 7.89. The van der Waals surface area contributed by atoms with Gasteiger partial charge in [0.25, 0.3) is 0 Å². The fourth-order valence-corrected chi connectivity index (χ4v) is 6.22. The van der Waals surface area contributed by atoms with Gasteiger partial charge in [-0.05, 0) is 88.3 Å². The molecule has 0 unspecified atom stereocenters. The van der Waals surface area contributed by atoms with E-state index < -0.39 is 10.0 Å². The number of rotatable bonds is 11. The summed E-state index contributed by atoms with van der Waals surface area (Å²) in [5.41, 5.74) is 3.09. The van der Waals surface area contributed by atoms with Gasteiger partial charge < -0.3 is 24.6 Å². The van der Waals surface area contributed by atoms with Gasteiger partial charge in [-0.2, -0.15) is 4.31 Å². The zero-order valence-electron chi connectivity index (χ0n) is 22.8. The maximum absolute atomic E-state index is 13.1. The topological polar surface area (TPSA) is 91.4 Å². The lowest BCUT2D eigenvalue weighted by atomic mass is 10.0. The molecule has 0 spiro atoms. The van der Waals surface area contributed by atoms with Crippen LogP contribution in [0.4, 0.5) is 11.4 Å². The highest BCUT2D eigenvalue weighted by atomic mass is 32.2. The van der Waals surface area contributed by atoms with E-state index in [1.807, 2.05) is 24.3 Å². The smallest absolute Gasteiger partial charge is 0.250 e. The van der Waals surface area contributed by atoms with Crippen molar-refractivity contribution < 1.29 is 22.7 Å². The van der Waals surface area contributed by atoms with Gasteiger partial charge in [-0.3, -0.25) is 4.79 Å². The van der Waals surface area contributed by atoms with Crippen LogP contribution in [0.25, 0.3) is 0 Å². The molecule has 0 radical (unpaired) electrons. The molecule has 2 aromatic carbocycles. The molecule has 0 saturated carbocycles. The number of carbonyl (C=O) groups excluding carboxylic acids is 1. The molecular weight excluding hydrogens is 492 g/mol. The molecule has 0 aromatic heterocycles. The van der Waals surface area contributed by atoms with E-state index in [0.29, 0.717) is 28.6 Å². The van der Waals surface area contributed by atoms with E-state index in [1.54, 1.807) is 33.1 Å². The number of nitrogens with one attached hydrogen (secondary N) is 1. The van der Waals surface area contributed by atoms with E-state index in [9.17, 15) is 13.2 Å². The van der Waals surface area contributed by atoms with Gasteiger partial charge in [0, 0.05) is 44.1 Å². The lowest BCUT2D eigenvalue weighted by Gasteiger charge is -2.36. The van der Waals surface area contributed by atoms with Gasteiger partial charge in [0.1, 0.15) is 12.4 Å². The molecule has 10 heteroatoms. The standard InChI is InChI=1S/C27H40N4O5S/c1-20-17-25(35-6)18-21(2)27(20)37(33,34)30(5)15-16-36-19-26(32)28-22-7-9-24(10-8-22)31-13-11-23(12-14-31)29(3)4/h7-10,17-18,23H,11-16,19H2,1-6H3,(H,28,32). The minimum Gasteiger partial charge on any atom is -0.497 e. The van der Waals surface area contributed by atoms with Crippen molar-refractivity contribution in [2.24, 2.45) is 0 Å². The number of sulfonamides is 1. The quantitative estimate of drug-likeness (QED) is 0.445. The van der Waals surface area contributed by atoms with Crippen LogP contribution in [0.3, 0.4) is 0 Å². The Balaban J connectivity index is 1.44. The predicted octanol–water partition coefficient (Wildman–Crippen LogP) is 3.12. The molecule has 204 valence electrons. The van der Waals surface area contributed by atoms with E-state index in [0.717, 1.165) is 31.6 Å². The molecule has 9 nitrogen and oxygen atoms in total. The second-order valence-electron chi connectivity index (χ2n) is 9.75. The number of anilines is 2. The molecule has 37 heavy (non-hydrogen) atoms. The first-order valence-electron chi connectivity index (χ1n) is 12.5. The Morgan fingerprint density at radius 3 is 2.19 bits per heavy atom. The normalized spacial score (nSPS) is 14.9. The van der Waals surface area contributed by atoms with Crippen LogP contribution < -0.4 is 15.0 Å². The summed E-state index contributed by atoms with van der Waals surface area (Å²) >= 11 is 0. The van der Waals surface area contributed by atoms with Crippen LogP contribution in [0, 0.1) is 13.8 Å². The predicted molar refractivity (Wildman–Crippen MR) is 147 cm³/mol. The van der Waals surface area contributed by atoms with E-state index in [2.05, 4.69) is 29.2 Å². The minimum atomic E-state index is -3.70. The average molecular weight is 533 g/mol. The van der Waals surface area contributed by atoms with Gasteiger partial charge in [-0.15, -0.1) is 0 Å². The number of nitrogens with zero attached hydrogens (tertiary/aromatic N) is 3. The van der Waals surface area contributed by atoms with E-state index in [4.69, 9.17) is 9.47 Å². The van der Waals surface area contributed by atoms with Crippen molar-refractivity contribution in [1.29, 1.82) is 0 Å². The monoisotopic (exact) mass is 532 g/mol. The van der Waals surface area contributed by atoms with Crippen molar-refractivity contribution >= 4 is 27.3 Å². The number of hydrogen-bond donors (Lipinski definition) is 1. The Morgan fingerprint density at radius 2 is 1.65 bits per heavy atom. The van der Waals surface area contributed by atoms with Gasteiger partial charge in [0.15, 0.2) is 0 Å². The average Bonchev–Trinajstić information content (AvgIpc) is 2.86. The molecule has 1 amide bonds. The Bertz CT molecular complexity index is 1140. The van der Waals surface area contributed by atoms with Crippen LogP contribution in [0.2, 0.25) is 0 Å². The Hall–Kier alpha value is -2.66. The summed E-state index contributed by atoms with van der Waals surface area (Å²) in [6, 6.07) is 11.9. The molecule has 2 aromatic rings. The van der Waals surface area contributed by atoms with Gasteiger partial charge in [-0.1, -0.05) is 0 Å². The first-order chi connectivity index (χ1) is 17.5. The third-order valence-corrected chi connectivity index (χ3v) is 9.00. The molecule has 0 atom stereocenters. The summed E-state index contributed by atoms with van der Waals surface area (Å²) in [6.45, 7) is 5.59. The molecule has 1 N–H and O–H groups in total. The van der Waals surface area contributed by atoms with Crippen LogP contribution in [0.1, 0.15) is 24.0 Å². The summed E-state index contributed by atoms with van der Waals surface area (Å²) in [5, 5.41) is 2.83. The number of amides is 1. The zero-order valence-corrected chi connectivity index (χ0v) is 23.6. The van der Waals surface area contributed by atoms with Crippen molar-refractivity contribution in [1.82, 2.24) is 9.21 Å². The zero-order chi connectivity index (χ0) is 27.2. The third-order valence-electron chi connectivity index (χ3n) is 6.83. The maximum Gasteiger partial charge on any atom is 0.250 e. The van der Waals surface area contributed by atoms with Gasteiger partial charge in [-0.25, -0.2) is 8.42 Å². The molecule has 0 aliphatic carbocycles. The molecule has 0 bridgehead atoms. The molecule has 1 aliphatic rings. The second kappa shape index (κ2) is 12.7. The maximum atomic E-state index is 13.1.